The highest BCUT2D eigenvalue weighted by Crippen LogP contribution is 2.29. The van der Waals surface area contributed by atoms with Gasteiger partial charge in [-0.15, -0.1) is 0 Å². The zero-order valence-corrected chi connectivity index (χ0v) is 15.0. The number of anilines is 1. The maximum Gasteiger partial charge on any atom is 0.330 e. The molecule has 2 aromatic rings. The van der Waals surface area contributed by atoms with Crippen molar-refractivity contribution in [3.8, 4) is 5.75 Å². The lowest BCUT2D eigenvalue weighted by Crippen LogP contribution is -2.42. The van der Waals surface area contributed by atoms with E-state index in [4.69, 9.17) is 4.74 Å². The molecular weight excluding hydrogens is 348 g/mol. The Kier molecular flexibility index (Phi) is 5.12. The number of para-hydroxylation sites is 2. The molecule has 3 rings (SSSR count). The van der Waals surface area contributed by atoms with Crippen molar-refractivity contribution in [3.05, 3.63) is 59.2 Å². The normalized spacial score (nSPS) is 16.5. The van der Waals surface area contributed by atoms with Gasteiger partial charge in [-0.05, 0) is 42.7 Å². The van der Waals surface area contributed by atoms with Crippen LogP contribution < -0.4 is 15.4 Å². The molecule has 0 saturated heterocycles. The third-order valence-electron chi connectivity index (χ3n) is 4.59. The Morgan fingerprint density at radius 1 is 1.19 bits per heavy atom. The monoisotopic (exact) mass is 368 g/mol. The molecule has 140 valence electrons. The Bertz CT molecular complexity index is 909. The maximum atomic E-state index is 12.4. The van der Waals surface area contributed by atoms with Gasteiger partial charge >= 0.3 is 5.97 Å². The van der Waals surface area contributed by atoms with Crippen LogP contribution in [-0.2, 0) is 14.4 Å². The van der Waals surface area contributed by atoms with Gasteiger partial charge in [0.05, 0.1) is 12.1 Å². The number of aliphatic carboxylic acids is 1. The summed E-state index contributed by atoms with van der Waals surface area (Å²) in [5.41, 5.74) is 2.78. The summed E-state index contributed by atoms with van der Waals surface area (Å²) in [5, 5.41) is 14.7. The molecule has 1 heterocycles. The van der Waals surface area contributed by atoms with Crippen molar-refractivity contribution in [2.45, 2.75) is 32.4 Å². The summed E-state index contributed by atoms with van der Waals surface area (Å²) >= 11 is 0. The van der Waals surface area contributed by atoms with Gasteiger partial charge < -0.3 is 20.5 Å². The highest BCUT2D eigenvalue weighted by Gasteiger charge is 2.31. The first-order chi connectivity index (χ1) is 12.9. The summed E-state index contributed by atoms with van der Waals surface area (Å²) in [5.74, 6) is -1.72. The highest BCUT2D eigenvalue weighted by atomic mass is 16.5. The van der Waals surface area contributed by atoms with Gasteiger partial charge in [-0.25, -0.2) is 4.79 Å². The first-order valence-corrected chi connectivity index (χ1v) is 8.51. The van der Waals surface area contributed by atoms with E-state index in [1.54, 1.807) is 43.3 Å². The number of fused-ring (bicyclic) bond motifs is 1. The van der Waals surface area contributed by atoms with Gasteiger partial charge in [-0.1, -0.05) is 30.3 Å². The molecule has 2 aromatic carbocycles. The molecule has 1 aliphatic rings. The van der Waals surface area contributed by atoms with E-state index in [0.717, 1.165) is 11.1 Å². The number of benzene rings is 2. The lowest BCUT2D eigenvalue weighted by Gasteiger charge is -2.26. The van der Waals surface area contributed by atoms with Gasteiger partial charge in [0.2, 0.25) is 5.91 Å². The fourth-order valence-corrected chi connectivity index (χ4v) is 2.97. The number of carbonyl (C=O) groups excluding carboxylic acids is 2. The molecule has 0 radical (unpaired) electrons. The van der Waals surface area contributed by atoms with Crippen LogP contribution in [0.3, 0.4) is 0 Å². The maximum absolute atomic E-state index is 12.4. The van der Waals surface area contributed by atoms with E-state index in [1.807, 2.05) is 13.0 Å². The van der Waals surface area contributed by atoms with E-state index >= 15 is 0 Å². The van der Waals surface area contributed by atoms with Crippen LogP contribution in [0.1, 0.15) is 29.2 Å². The van der Waals surface area contributed by atoms with Crippen LogP contribution in [0, 0.1) is 13.8 Å². The summed E-state index contributed by atoms with van der Waals surface area (Å²) in [6, 6.07) is 11.0. The van der Waals surface area contributed by atoms with Crippen LogP contribution in [0.2, 0.25) is 0 Å². The van der Waals surface area contributed by atoms with Crippen LogP contribution in [0.4, 0.5) is 5.69 Å². The van der Waals surface area contributed by atoms with Crippen LogP contribution in [-0.4, -0.2) is 29.0 Å². The molecule has 0 spiro atoms. The predicted molar refractivity (Wildman–Crippen MR) is 98.5 cm³/mol. The standard InChI is InChI=1S/C20H20N2O5/c1-11-6-5-7-13(12(11)2)18(20(25)26)22-17(23)10-16-19(24)21-14-8-3-4-9-15(14)27-16/h3-9,16,18H,10H2,1-2H3,(H,21,24)(H,22,23)(H,25,26). The molecule has 0 aliphatic carbocycles. The van der Waals surface area contributed by atoms with Gasteiger partial charge in [-0.3, -0.25) is 9.59 Å². The zero-order chi connectivity index (χ0) is 19.6. The second-order valence-corrected chi connectivity index (χ2v) is 6.42. The molecule has 0 saturated carbocycles. The highest BCUT2D eigenvalue weighted by molar-refractivity contribution is 6.00. The van der Waals surface area contributed by atoms with E-state index in [2.05, 4.69) is 10.6 Å². The summed E-state index contributed by atoms with van der Waals surface area (Å²) in [6.45, 7) is 3.68. The second kappa shape index (κ2) is 7.49. The van der Waals surface area contributed by atoms with E-state index in [9.17, 15) is 19.5 Å². The number of nitrogens with one attached hydrogen (secondary N) is 2. The topological polar surface area (TPSA) is 105 Å². The van der Waals surface area contributed by atoms with Crippen molar-refractivity contribution in [1.82, 2.24) is 5.32 Å². The summed E-state index contributed by atoms with van der Waals surface area (Å²) in [4.78, 5) is 36.3. The first-order valence-electron chi connectivity index (χ1n) is 8.51. The van der Waals surface area contributed by atoms with Crippen molar-refractivity contribution in [3.63, 3.8) is 0 Å². The Labute approximate surface area is 156 Å². The fraction of sp³-hybridized carbons (Fsp3) is 0.250. The van der Waals surface area contributed by atoms with Gasteiger partial charge in [0.15, 0.2) is 12.1 Å². The molecule has 0 fully saturated rings. The smallest absolute Gasteiger partial charge is 0.330 e. The Morgan fingerprint density at radius 3 is 2.67 bits per heavy atom. The Balaban J connectivity index is 1.73. The van der Waals surface area contributed by atoms with Crippen molar-refractivity contribution in [2.24, 2.45) is 0 Å². The third-order valence-corrected chi connectivity index (χ3v) is 4.59. The van der Waals surface area contributed by atoms with Gasteiger partial charge in [-0.2, -0.15) is 0 Å². The van der Waals surface area contributed by atoms with E-state index in [-0.39, 0.29) is 6.42 Å². The molecule has 2 unspecified atom stereocenters. The molecule has 27 heavy (non-hydrogen) atoms. The average Bonchev–Trinajstić information content (AvgIpc) is 2.63. The van der Waals surface area contributed by atoms with Crippen molar-refractivity contribution in [1.29, 1.82) is 0 Å². The molecule has 3 N–H and O–H groups in total. The predicted octanol–water partition coefficient (Wildman–Crippen LogP) is 2.34. The lowest BCUT2D eigenvalue weighted by molar-refractivity contribution is -0.142. The molecule has 0 bridgehead atoms. The third kappa shape index (κ3) is 3.92. The summed E-state index contributed by atoms with van der Waals surface area (Å²) < 4.78 is 5.59. The second-order valence-electron chi connectivity index (χ2n) is 6.42. The number of carboxylic acids is 1. The molecule has 2 atom stereocenters. The molecule has 1 aliphatic heterocycles. The molecule has 7 heteroatoms. The average molecular weight is 368 g/mol. The minimum Gasteiger partial charge on any atom is -0.479 e. The van der Waals surface area contributed by atoms with E-state index in [1.165, 1.54) is 0 Å². The molecule has 0 aromatic heterocycles. The SMILES string of the molecule is Cc1cccc(C(NC(=O)CC2Oc3ccccc3NC2=O)C(=O)O)c1C. The summed E-state index contributed by atoms with van der Waals surface area (Å²) in [7, 11) is 0. The van der Waals surface area contributed by atoms with Crippen LogP contribution in [0.15, 0.2) is 42.5 Å². The van der Waals surface area contributed by atoms with Crippen molar-refractivity contribution in [2.75, 3.05) is 5.32 Å². The van der Waals surface area contributed by atoms with Gasteiger partial charge in [0.1, 0.15) is 5.75 Å². The number of hydrogen-bond acceptors (Lipinski definition) is 4. The Hall–Kier alpha value is -3.35. The van der Waals surface area contributed by atoms with Gasteiger partial charge in [0.25, 0.3) is 5.91 Å². The largest absolute Gasteiger partial charge is 0.479 e. The van der Waals surface area contributed by atoms with Crippen molar-refractivity contribution < 1.29 is 24.2 Å². The van der Waals surface area contributed by atoms with Crippen LogP contribution in [0.5, 0.6) is 5.75 Å². The van der Waals surface area contributed by atoms with Crippen LogP contribution in [0.25, 0.3) is 0 Å². The van der Waals surface area contributed by atoms with Crippen molar-refractivity contribution >= 4 is 23.5 Å². The molecular formula is C20H20N2O5. The number of carboxylic acid groups (broad SMARTS) is 1. The Morgan fingerprint density at radius 2 is 1.93 bits per heavy atom. The number of aryl methyl sites for hydroxylation is 1. The molecule has 7 nitrogen and oxygen atoms in total. The molecule has 2 amide bonds. The quantitative estimate of drug-likeness (QED) is 0.751. The zero-order valence-electron chi connectivity index (χ0n) is 15.0. The summed E-state index contributed by atoms with van der Waals surface area (Å²) in [6.07, 6.45) is -1.30. The first kappa shape index (κ1) is 18.4. The number of amides is 2. The number of carbonyl (C=O) groups is 3. The van der Waals surface area contributed by atoms with Gasteiger partial charge in [0, 0.05) is 0 Å². The van der Waals surface area contributed by atoms with E-state index in [0.29, 0.717) is 17.0 Å². The lowest BCUT2D eigenvalue weighted by atomic mass is 9.97. The van der Waals surface area contributed by atoms with E-state index < -0.39 is 29.9 Å². The number of rotatable bonds is 5. The fourth-order valence-electron chi connectivity index (χ4n) is 2.97. The minimum atomic E-state index is -1.20. The number of ether oxygens (including phenoxy) is 1. The van der Waals surface area contributed by atoms with Crippen LogP contribution >= 0.6 is 0 Å². The minimum absolute atomic E-state index is 0.283. The number of hydrogen-bond donors (Lipinski definition) is 3.